The molecule has 1 aromatic carbocycles. The number of nitrogens with zero attached hydrogens (tertiary/aromatic N) is 3. The van der Waals surface area contributed by atoms with Gasteiger partial charge >= 0.3 is 6.09 Å². The van der Waals surface area contributed by atoms with Gasteiger partial charge in [0, 0.05) is 22.9 Å². The molecule has 144 valence electrons. The number of hydrogen-bond donors (Lipinski definition) is 0. The molecule has 27 heavy (non-hydrogen) atoms. The molecule has 2 saturated heterocycles. The van der Waals surface area contributed by atoms with Crippen LogP contribution >= 0.6 is 15.9 Å². The number of carbonyl (C=O) groups is 2. The summed E-state index contributed by atoms with van der Waals surface area (Å²) in [5.74, 6) is -0.0395. The number of hydrogen-bond acceptors (Lipinski definition) is 4. The lowest BCUT2D eigenvalue weighted by molar-refractivity contribution is -0.137. The second kappa shape index (κ2) is 8.25. The van der Waals surface area contributed by atoms with Gasteiger partial charge in [-0.3, -0.25) is 14.7 Å². The fourth-order valence-corrected chi connectivity index (χ4v) is 4.02. The van der Waals surface area contributed by atoms with E-state index in [1.807, 2.05) is 49.2 Å². The predicted octanol–water partition coefficient (Wildman–Crippen LogP) is 3.71. The SMILES string of the molecule is COC(=O)N1CC(=O)N2[C@@H](CC[C@H]2/C(C)=N/C=C(\C)c2ccc(Br)cc2)C1. The second-order valence-electron chi connectivity index (χ2n) is 6.99. The van der Waals surface area contributed by atoms with Crippen molar-refractivity contribution in [3.63, 3.8) is 0 Å². The van der Waals surface area contributed by atoms with Crippen LogP contribution in [0.3, 0.4) is 0 Å². The highest BCUT2D eigenvalue weighted by Crippen LogP contribution is 2.29. The Morgan fingerprint density at radius 2 is 1.96 bits per heavy atom. The minimum absolute atomic E-state index is 0.00346. The van der Waals surface area contributed by atoms with Crippen molar-refractivity contribution in [1.82, 2.24) is 9.80 Å². The zero-order chi connectivity index (χ0) is 19.6. The molecule has 2 aliphatic rings. The van der Waals surface area contributed by atoms with E-state index in [2.05, 4.69) is 20.9 Å². The first-order valence-corrected chi connectivity index (χ1v) is 9.81. The summed E-state index contributed by atoms with van der Waals surface area (Å²) in [6, 6.07) is 8.13. The van der Waals surface area contributed by atoms with Gasteiger partial charge < -0.3 is 9.64 Å². The van der Waals surface area contributed by atoms with Gasteiger partial charge in [0.15, 0.2) is 0 Å². The number of amides is 2. The molecule has 0 aliphatic carbocycles. The van der Waals surface area contributed by atoms with E-state index in [0.29, 0.717) is 6.54 Å². The maximum Gasteiger partial charge on any atom is 0.410 e. The van der Waals surface area contributed by atoms with E-state index in [1.54, 1.807) is 0 Å². The van der Waals surface area contributed by atoms with Crippen molar-refractivity contribution in [3.8, 4) is 0 Å². The highest BCUT2D eigenvalue weighted by Gasteiger charge is 2.43. The first kappa shape index (κ1) is 19.6. The fourth-order valence-electron chi connectivity index (χ4n) is 3.75. The molecule has 2 amide bonds. The average molecular weight is 434 g/mol. The Hall–Kier alpha value is -2.15. The van der Waals surface area contributed by atoms with Gasteiger partial charge in [-0.05, 0) is 50.0 Å². The third kappa shape index (κ3) is 4.24. The van der Waals surface area contributed by atoms with Gasteiger partial charge in [-0.15, -0.1) is 0 Å². The third-order valence-electron chi connectivity index (χ3n) is 5.22. The largest absolute Gasteiger partial charge is 0.453 e. The van der Waals surface area contributed by atoms with Crippen LogP contribution in [0.25, 0.3) is 5.57 Å². The summed E-state index contributed by atoms with van der Waals surface area (Å²) in [6.45, 7) is 4.59. The maximum atomic E-state index is 12.6. The number of aliphatic imine (C=N–C) groups is 1. The molecule has 0 saturated carbocycles. The molecule has 2 atom stereocenters. The number of allylic oxidation sites excluding steroid dienone is 1. The second-order valence-corrected chi connectivity index (χ2v) is 7.90. The quantitative estimate of drug-likeness (QED) is 0.682. The van der Waals surface area contributed by atoms with Crippen LogP contribution in [0, 0.1) is 0 Å². The van der Waals surface area contributed by atoms with E-state index in [1.165, 1.54) is 12.0 Å². The number of fused-ring (bicyclic) bond motifs is 1. The Morgan fingerprint density at radius 1 is 1.26 bits per heavy atom. The minimum Gasteiger partial charge on any atom is -0.453 e. The number of ether oxygens (including phenoxy) is 1. The molecule has 0 aromatic heterocycles. The molecule has 0 N–H and O–H groups in total. The van der Waals surface area contributed by atoms with Gasteiger partial charge in [-0.25, -0.2) is 4.79 Å². The first-order valence-electron chi connectivity index (χ1n) is 9.01. The lowest BCUT2D eigenvalue weighted by Gasteiger charge is -2.39. The Balaban J connectivity index is 1.72. The summed E-state index contributed by atoms with van der Waals surface area (Å²) in [6.07, 6.45) is 3.16. The first-order chi connectivity index (χ1) is 12.9. The molecule has 2 aliphatic heterocycles. The number of rotatable bonds is 3. The Bertz CT molecular complexity index is 788. The fraction of sp³-hybridized carbons (Fsp3) is 0.450. The van der Waals surface area contributed by atoms with Crippen molar-refractivity contribution in [1.29, 1.82) is 0 Å². The lowest BCUT2D eigenvalue weighted by atomic mass is 10.1. The highest BCUT2D eigenvalue weighted by molar-refractivity contribution is 9.10. The van der Waals surface area contributed by atoms with Gasteiger partial charge in [0.25, 0.3) is 0 Å². The van der Waals surface area contributed by atoms with Crippen molar-refractivity contribution in [3.05, 3.63) is 40.5 Å². The van der Waals surface area contributed by atoms with Crippen molar-refractivity contribution in [2.45, 2.75) is 38.8 Å². The standard InChI is InChI=1S/C20H24BrN3O3/c1-13(15-4-6-16(21)7-5-15)10-22-14(2)18-9-8-17-11-23(20(26)27-3)12-19(25)24(17)18/h4-7,10,17-18H,8-9,11-12H2,1-3H3/b13-10+,22-14+/t17-,18-/m0/s1. The molecule has 2 heterocycles. The number of halogens is 1. The highest BCUT2D eigenvalue weighted by atomic mass is 79.9. The van der Waals surface area contributed by atoms with E-state index in [9.17, 15) is 9.59 Å². The van der Waals surface area contributed by atoms with E-state index in [4.69, 9.17) is 4.74 Å². The molecule has 0 spiro atoms. The van der Waals surface area contributed by atoms with Crippen molar-refractivity contribution in [2.24, 2.45) is 4.99 Å². The van der Waals surface area contributed by atoms with Crippen LogP contribution in [-0.4, -0.2) is 59.8 Å². The summed E-state index contributed by atoms with van der Waals surface area (Å²) in [5, 5.41) is 0. The van der Waals surface area contributed by atoms with E-state index in [0.717, 1.165) is 34.2 Å². The van der Waals surface area contributed by atoms with E-state index >= 15 is 0 Å². The molecule has 3 rings (SSSR count). The van der Waals surface area contributed by atoms with Crippen LogP contribution in [0.5, 0.6) is 0 Å². The van der Waals surface area contributed by atoms with Crippen LogP contribution in [0.1, 0.15) is 32.3 Å². The number of methoxy groups -OCH3 is 1. The summed E-state index contributed by atoms with van der Waals surface area (Å²) in [4.78, 5) is 32.4. The zero-order valence-electron chi connectivity index (χ0n) is 15.8. The van der Waals surface area contributed by atoms with Crippen LogP contribution < -0.4 is 0 Å². The smallest absolute Gasteiger partial charge is 0.410 e. The predicted molar refractivity (Wildman–Crippen MR) is 109 cm³/mol. The molecule has 6 nitrogen and oxygen atoms in total. The Kier molecular flexibility index (Phi) is 5.99. The molecule has 0 bridgehead atoms. The monoisotopic (exact) mass is 433 g/mol. The van der Waals surface area contributed by atoms with Crippen molar-refractivity contribution >= 4 is 39.2 Å². The molecule has 0 radical (unpaired) electrons. The normalized spacial score (nSPS) is 23.5. The van der Waals surface area contributed by atoms with Crippen molar-refractivity contribution in [2.75, 3.05) is 20.2 Å². The van der Waals surface area contributed by atoms with Crippen molar-refractivity contribution < 1.29 is 14.3 Å². The van der Waals surface area contributed by atoms with Gasteiger partial charge in [-0.2, -0.15) is 0 Å². The van der Waals surface area contributed by atoms with Gasteiger partial charge in [0.2, 0.25) is 5.91 Å². The van der Waals surface area contributed by atoms with E-state index in [-0.39, 0.29) is 24.5 Å². The number of carbonyl (C=O) groups excluding carboxylic acids is 2. The minimum atomic E-state index is -0.440. The van der Waals surface area contributed by atoms with Gasteiger partial charge in [-0.1, -0.05) is 28.1 Å². The molecule has 7 heteroatoms. The summed E-state index contributed by atoms with van der Waals surface area (Å²) in [5.41, 5.74) is 3.11. The summed E-state index contributed by atoms with van der Waals surface area (Å²) >= 11 is 3.44. The molecule has 0 unspecified atom stereocenters. The molecular weight excluding hydrogens is 410 g/mol. The number of piperazine rings is 1. The van der Waals surface area contributed by atoms with Crippen LogP contribution in [-0.2, 0) is 9.53 Å². The van der Waals surface area contributed by atoms with Gasteiger partial charge in [0.1, 0.15) is 6.54 Å². The third-order valence-corrected chi connectivity index (χ3v) is 5.75. The van der Waals surface area contributed by atoms with Crippen LogP contribution in [0.2, 0.25) is 0 Å². The summed E-state index contributed by atoms with van der Waals surface area (Å²) in [7, 11) is 1.34. The summed E-state index contributed by atoms with van der Waals surface area (Å²) < 4.78 is 5.80. The zero-order valence-corrected chi connectivity index (χ0v) is 17.4. The van der Waals surface area contributed by atoms with Crippen LogP contribution in [0.15, 0.2) is 39.9 Å². The molecule has 1 aromatic rings. The average Bonchev–Trinajstić information content (AvgIpc) is 3.10. The van der Waals surface area contributed by atoms with Crippen LogP contribution in [0.4, 0.5) is 4.79 Å². The molecular formula is C20H24BrN3O3. The Morgan fingerprint density at radius 3 is 2.63 bits per heavy atom. The topological polar surface area (TPSA) is 62.2 Å². The maximum absolute atomic E-state index is 12.6. The molecule has 2 fully saturated rings. The Labute approximate surface area is 168 Å². The van der Waals surface area contributed by atoms with E-state index < -0.39 is 6.09 Å². The lowest BCUT2D eigenvalue weighted by Crippen LogP contribution is -2.58. The van der Waals surface area contributed by atoms with Gasteiger partial charge in [0.05, 0.1) is 19.2 Å². The number of benzene rings is 1.